The highest BCUT2D eigenvalue weighted by Gasteiger charge is 2.18. The van der Waals surface area contributed by atoms with Gasteiger partial charge in [-0.1, -0.05) is 0 Å². The Morgan fingerprint density at radius 3 is 1.91 bits per heavy atom. The Labute approximate surface area is 131 Å². The lowest BCUT2D eigenvalue weighted by molar-refractivity contribution is 0.0953. The molecule has 122 valence electrons. The third-order valence-corrected chi connectivity index (χ3v) is 2.55. The summed E-state index contributed by atoms with van der Waals surface area (Å²) in [5, 5.41) is 3.92. The third-order valence-electron chi connectivity index (χ3n) is 2.55. The zero-order valence-corrected chi connectivity index (χ0v) is 13.9. The van der Waals surface area contributed by atoms with Crippen molar-refractivity contribution in [2.45, 2.75) is 34.6 Å². The highest BCUT2D eigenvalue weighted by molar-refractivity contribution is 5.96. The second kappa shape index (κ2) is 8.92. The van der Waals surface area contributed by atoms with Gasteiger partial charge in [-0.25, -0.2) is 5.43 Å². The first-order valence-corrected chi connectivity index (χ1v) is 7.41. The lowest BCUT2D eigenvalue weighted by Gasteiger charge is -2.16. The third kappa shape index (κ3) is 4.95. The van der Waals surface area contributed by atoms with E-state index in [1.807, 2.05) is 20.8 Å². The van der Waals surface area contributed by atoms with E-state index >= 15 is 0 Å². The van der Waals surface area contributed by atoms with Crippen molar-refractivity contribution in [3.05, 3.63) is 17.7 Å². The summed E-state index contributed by atoms with van der Waals surface area (Å²) in [5.74, 6) is 1.15. The quantitative estimate of drug-likeness (QED) is 0.592. The summed E-state index contributed by atoms with van der Waals surface area (Å²) in [6, 6.07) is 3.26. The number of rotatable bonds is 8. The van der Waals surface area contributed by atoms with E-state index in [2.05, 4.69) is 10.5 Å². The Balaban J connectivity index is 3.23. The van der Waals surface area contributed by atoms with Gasteiger partial charge in [-0.15, -0.1) is 0 Å². The molecule has 6 heteroatoms. The number of hydrogen-bond donors (Lipinski definition) is 1. The van der Waals surface area contributed by atoms with Gasteiger partial charge in [-0.2, -0.15) is 5.10 Å². The fourth-order valence-corrected chi connectivity index (χ4v) is 1.75. The summed E-state index contributed by atoms with van der Waals surface area (Å²) >= 11 is 0. The first kappa shape index (κ1) is 17.8. The van der Waals surface area contributed by atoms with Crippen LogP contribution in [0.5, 0.6) is 17.2 Å². The van der Waals surface area contributed by atoms with Crippen LogP contribution >= 0.6 is 0 Å². The minimum absolute atomic E-state index is 0.328. The van der Waals surface area contributed by atoms with Crippen LogP contribution in [0.25, 0.3) is 0 Å². The lowest BCUT2D eigenvalue weighted by Crippen LogP contribution is -2.19. The second-order valence-corrected chi connectivity index (χ2v) is 4.60. The van der Waals surface area contributed by atoms with Gasteiger partial charge < -0.3 is 14.2 Å². The van der Waals surface area contributed by atoms with Gasteiger partial charge in [0.1, 0.15) is 0 Å². The number of carbonyl (C=O) groups excluding carboxylic acids is 1. The molecule has 0 unspecified atom stereocenters. The van der Waals surface area contributed by atoms with Crippen LogP contribution in [-0.2, 0) is 0 Å². The summed E-state index contributed by atoms with van der Waals surface area (Å²) < 4.78 is 16.7. The van der Waals surface area contributed by atoms with E-state index in [1.165, 1.54) is 0 Å². The monoisotopic (exact) mass is 308 g/mol. The fourth-order valence-electron chi connectivity index (χ4n) is 1.75. The van der Waals surface area contributed by atoms with Crippen LogP contribution in [-0.4, -0.2) is 31.4 Å². The van der Waals surface area contributed by atoms with Gasteiger partial charge >= 0.3 is 0 Å². The van der Waals surface area contributed by atoms with Gasteiger partial charge in [0.25, 0.3) is 5.91 Å². The minimum Gasteiger partial charge on any atom is -0.490 e. The van der Waals surface area contributed by atoms with Crippen LogP contribution in [0.1, 0.15) is 45.0 Å². The topological polar surface area (TPSA) is 69.2 Å². The first-order valence-electron chi connectivity index (χ1n) is 7.41. The van der Waals surface area contributed by atoms with Crippen LogP contribution in [0.4, 0.5) is 0 Å². The van der Waals surface area contributed by atoms with Crippen LogP contribution in [0.2, 0.25) is 0 Å². The van der Waals surface area contributed by atoms with Gasteiger partial charge in [0.15, 0.2) is 11.5 Å². The SMILES string of the molecule is CCOc1cc(C(=O)NN=C(C)C)cc(OCC)c1OCC. The lowest BCUT2D eigenvalue weighted by atomic mass is 10.1. The van der Waals surface area contributed by atoms with Gasteiger partial charge in [0, 0.05) is 11.3 Å². The van der Waals surface area contributed by atoms with Crippen molar-refractivity contribution in [3.8, 4) is 17.2 Å². The number of nitrogens with one attached hydrogen (secondary N) is 1. The van der Waals surface area contributed by atoms with Crippen molar-refractivity contribution in [1.82, 2.24) is 5.43 Å². The molecule has 0 saturated carbocycles. The molecule has 1 amide bonds. The van der Waals surface area contributed by atoms with Crippen molar-refractivity contribution in [3.63, 3.8) is 0 Å². The predicted octanol–water partition coefficient (Wildman–Crippen LogP) is 3.01. The number of nitrogens with zero attached hydrogens (tertiary/aromatic N) is 1. The molecule has 22 heavy (non-hydrogen) atoms. The van der Waals surface area contributed by atoms with Crippen molar-refractivity contribution in [2.24, 2.45) is 5.10 Å². The van der Waals surface area contributed by atoms with Crippen molar-refractivity contribution in [2.75, 3.05) is 19.8 Å². The van der Waals surface area contributed by atoms with Crippen LogP contribution in [0, 0.1) is 0 Å². The largest absolute Gasteiger partial charge is 0.490 e. The maximum absolute atomic E-state index is 12.2. The Bertz CT molecular complexity index is 510. The molecule has 0 bridgehead atoms. The molecule has 0 aliphatic rings. The molecule has 0 saturated heterocycles. The van der Waals surface area contributed by atoms with Crippen LogP contribution in [0.15, 0.2) is 17.2 Å². The number of ether oxygens (including phenoxy) is 3. The first-order chi connectivity index (χ1) is 10.5. The van der Waals surface area contributed by atoms with E-state index < -0.39 is 0 Å². The van der Waals surface area contributed by atoms with Crippen molar-refractivity contribution >= 4 is 11.6 Å². The average molecular weight is 308 g/mol. The Hall–Kier alpha value is -2.24. The van der Waals surface area contributed by atoms with E-state index in [0.29, 0.717) is 42.6 Å². The highest BCUT2D eigenvalue weighted by atomic mass is 16.5. The Morgan fingerprint density at radius 2 is 1.50 bits per heavy atom. The van der Waals surface area contributed by atoms with Crippen LogP contribution in [0.3, 0.4) is 0 Å². The molecule has 1 aromatic rings. The standard InChI is InChI=1S/C16H24N2O4/c1-6-20-13-9-12(16(19)18-17-11(4)5)10-14(21-7-2)15(13)22-8-3/h9-10H,6-8H2,1-5H3,(H,18,19). The van der Waals surface area contributed by atoms with Crippen LogP contribution < -0.4 is 19.6 Å². The normalized spacial score (nSPS) is 9.86. The van der Waals surface area contributed by atoms with E-state index in [1.54, 1.807) is 26.0 Å². The van der Waals surface area contributed by atoms with Gasteiger partial charge in [0.2, 0.25) is 5.75 Å². The zero-order chi connectivity index (χ0) is 16.5. The molecule has 0 radical (unpaired) electrons. The molecule has 1 rings (SSSR count). The molecular formula is C16H24N2O4. The predicted molar refractivity (Wildman–Crippen MR) is 86.2 cm³/mol. The highest BCUT2D eigenvalue weighted by Crippen LogP contribution is 2.39. The fraction of sp³-hybridized carbons (Fsp3) is 0.500. The van der Waals surface area contributed by atoms with Gasteiger partial charge in [0.05, 0.1) is 19.8 Å². The number of hydrogen-bond acceptors (Lipinski definition) is 5. The van der Waals surface area contributed by atoms with Crippen molar-refractivity contribution in [1.29, 1.82) is 0 Å². The zero-order valence-electron chi connectivity index (χ0n) is 13.9. The number of benzene rings is 1. The molecule has 0 aliphatic carbocycles. The minimum atomic E-state index is -0.328. The number of amides is 1. The summed E-state index contributed by atoms with van der Waals surface area (Å²) in [6.45, 7) is 10.6. The number of hydrazone groups is 1. The Kier molecular flexibility index (Phi) is 7.22. The van der Waals surface area contributed by atoms with E-state index in [4.69, 9.17) is 14.2 Å². The molecule has 1 aromatic carbocycles. The summed E-state index contributed by atoms with van der Waals surface area (Å²) in [7, 11) is 0. The van der Waals surface area contributed by atoms with E-state index in [-0.39, 0.29) is 5.91 Å². The maximum atomic E-state index is 12.2. The summed E-state index contributed by atoms with van der Waals surface area (Å²) in [5.41, 5.74) is 3.65. The smallest absolute Gasteiger partial charge is 0.271 e. The molecule has 0 fully saturated rings. The Morgan fingerprint density at radius 1 is 1.00 bits per heavy atom. The molecule has 6 nitrogen and oxygen atoms in total. The summed E-state index contributed by atoms with van der Waals surface area (Å²) in [6.07, 6.45) is 0. The second-order valence-electron chi connectivity index (χ2n) is 4.60. The molecule has 1 N–H and O–H groups in total. The maximum Gasteiger partial charge on any atom is 0.271 e. The molecule has 0 atom stereocenters. The van der Waals surface area contributed by atoms with Gasteiger partial charge in [-0.3, -0.25) is 4.79 Å². The van der Waals surface area contributed by atoms with Crippen molar-refractivity contribution < 1.29 is 19.0 Å². The molecule has 0 aliphatic heterocycles. The molecule has 0 heterocycles. The number of carbonyl (C=O) groups is 1. The van der Waals surface area contributed by atoms with Gasteiger partial charge in [-0.05, 0) is 46.8 Å². The molecule has 0 spiro atoms. The van der Waals surface area contributed by atoms with E-state index in [9.17, 15) is 4.79 Å². The molecule has 0 aromatic heterocycles. The summed E-state index contributed by atoms with van der Waals surface area (Å²) in [4.78, 5) is 12.2. The average Bonchev–Trinajstić information content (AvgIpc) is 2.48. The molecular weight excluding hydrogens is 284 g/mol. The van der Waals surface area contributed by atoms with E-state index in [0.717, 1.165) is 5.71 Å².